The van der Waals surface area contributed by atoms with Gasteiger partial charge in [-0.1, -0.05) is 0 Å². The van der Waals surface area contributed by atoms with Crippen LogP contribution in [0.15, 0.2) is 0 Å². The number of carbonyl (C=O) groups is 3. The first-order chi connectivity index (χ1) is 11.2. The summed E-state index contributed by atoms with van der Waals surface area (Å²) in [5.41, 5.74) is -0.599. The van der Waals surface area contributed by atoms with E-state index in [-0.39, 0.29) is 5.91 Å². The van der Waals surface area contributed by atoms with Crippen LogP contribution < -0.4 is 5.32 Å². The molecule has 7 heteroatoms. The van der Waals surface area contributed by atoms with E-state index in [4.69, 9.17) is 4.74 Å². The van der Waals surface area contributed by atoms with E-state index < -0.39 is 17.7 Å². The molecule has 136 valence electrons. The second kappa shape index (κ2) is 8.23. The van der Waals surface area contributed by atoms with Gasteiger partial charge in [-0.3, -0.25) is 9.59 Å². The van der Waals surface area contributed by atoms with Gasteiger partial charge in [-0.15, -0.1) is 11.8 Å². The molecule has 0 unspecified atom stereocenters. The van der Waals surface area contributed by atoms with E-state index in [9.17, 15) is 14.4 Å². The fourth-order valence-electron chi connectivity index (χ4n) is 3.05. The Balaban J connectivity index is 1.98. The van der Waals surface area contributed by atoms with Gasteiger partial charge in [0.15, 0.2) is 0 Å². The third kappa shape index (κ3) is 6.00. The molecule has 1 aliphatic heterocycles. The van der Waals surface area contributed by atoms with E-state index in [0.29, 0.717) is 36.8 Å². The van der Waals surface area contributed by atoms with Crippen molar-refractivity contribution in [3.05, 3.63) is 0 Å². The first-order valence-electron chi connectivity index (χ1n) is 8.62. The second-order valence-electron chi connectivity index (χ2n) is 7.56. The second-order valence-corrected chi connectivity index (χ2v) is 8.63. The minimum absolute atomic E-state index is 0.0391. The maximum Gasteiger partial charge on any atom is 0.408 e. The van der Waals surface area contributed by atoms with Gasteiger partial charge >= 0.3 is 6.09 Å². The van der Waals surface area contributed by atoms with Crippen molar-refractivity contribution in [2.75, 3.05) is 18.2 Å². The van der Waals surface area contributed by atoms with Crippen LogP contribution in [0.1, 0.15) is 52.9 Å². The molecule has 1 saturated heterocycles. The molecule has 1 heterocycles. The Morgan fingerprint density at radius 3 is 2.54 bits per heavy atom. The van der Waals surface area contributed by atoms with Gasteiger partial charge in [0.05, 0.1) is 5.88 Å². The molecule has 2 amide bonds. The minimum atomic E-state index is -0.599. The molecule has 2 aliphatic rings. The average Bonchev–Trinajstić information content (AvgIpc) is 3.00. The molecule has 1 aliphatic carbocycles. The highest BCUT2D eigenvalue weighted by atomic mass is 32.2. The highest BCUT2D eigenvalue weighted by molar-refractivity contribution is 7.99. The van der Waals surface area contributed by atoms with Crippen LogP contribution in [0.3, 0.4) is 0 Å². The standard InChI is InChI=1S/C17H28N2O4S/c1-17(2,3)23-16(22)18-14(15(21)19-8-9-24-11-19)10-12-4-6-13(20)7-5-12/h12,14H,4-11H2,1-3H3,(H,18,22)/t14-/m0/s1. The first-order valence-corrected chi connectivity index (χ1v) is 9.78. The Morgan fingerprint density at radius 2 is 2.00 bits per heavy atom. The summed E-state index contributed by atoms with van der Waals surface area (Å²) in [7, 11) is 0. The maximum atomic E-state index is 12.8. The van der Waals surface area contributed by atoms with Gasteiger partial charge in [0.25, 0.3) is 0 Å². The number of amides is 2. The van der Waals surface area contributed by atoms with E-state index >= 15 is 0 Å². The van der Waals surface area contributed by atoms with Crippen LogP contribution in [0.2, 0.25) is 0 Å². The molecule has 0 bridgehead atoms. The lowest BCUT2D eigenvalue weighted by Gasteiger charge is -2.29. The topological polar surface area (TPSA) is 75.7 Å². The highest BCUT2D eigenvalue weighted by Gasteiger charge is 2.32. The number of hydrogen-bond acceptors (Lipinski definition) is 5. The molecule has 6 nitrogen and oxygen atoms in total. The van der Waals surface area contributed by atoms with Crippen LogP contribution in [-0.4, -0.2) is 52.5 Å². The lowest BCUT2D eigenvalue weighted by atomic mass is 9.84. The van der Waals surface area contributed by atoms with Crippen LogP contribution in [0.5, 0.6) is 0 Å². The Bertz CT molecular complexity index is 473. The highest BCUT2D eigenvalue weighted by Crippen LogP contribution is 2.27. The molecular weight excluding hydrogens is 328 g/mol. The quantitative estimate of drug-likeness (QED) is 0.838. The number of Topliss-reactive ketones (excluding diaryl/α,β-unsaturated/α-hetero) is 1. The van der Waals surface area contributed by atoms with E-state index in [1.807, 2.05) is 0 Å². The lowest BCUT2D eigenvalue weighted by molar-refractivity contribution is -0.132. The van der Waals surface area contributed by atoms with Crippen molar-refractivity contribution in [2.24, 2.45) is 5.92 Å². The summed E-state index contributed by atoms with van der Waals surface area (Å²) in [5.74, 6) is 2.16. The largest absolute Gasteiger partial charge is 0.444 e. The molecule has 2 rings (SSSR count). The van der Waals surface area contributed by atoms with E-state index in [0.717, 1.165) is 25.1 Å². The molecule has 1 N–H and O–H groups in total. The predicted molar refractivity (Wildman–Crippen MR) is 93.8 cm³/mol. The summed E-state index contributed by atoms with van der Waals surface area (Å²) in [6.45, 7) is 6.12. The van der Waals surface area contributed by atoms with Gasteiger partial charge in [0.1, 0.15) is 17.4 Å². The van der Waals surface area contributed by atoms with E-state index in [1.165, 1.54) is 0 Å². The zero-order valence-corrected chi connectivity index (χ0v) is 15.6. The number of rotatable bonds is 4. The maximum absolute atomic E-state index is 12.8. The van der Waals surface area contributed by atoms with Crippen molar-refractivity contribution >= 4 is 29.5 Å². The molecule has 1 atom stereocenters. The van der Waals surface area contributed by atoms with Crippen LogP contribution in [-0.2, 0) is 14.3 Å². The van der Waals surface area contributed by atoms with Crippen LogP contribution in [0, 0.1) is 5.92 Å². The SMILES string of the molecule is CC(C)(C)OC(=O)N[C@@H](CC1CCC(=O)CC1)C(=O)N1CCSC1. The van der Waals surface area contributed by atoms with Gasteiger partial charge in [-0.25, -0.2) is 4.79 Å². The zero-order chi connectivity index (χ0) is 17.7. The number of thioether (sulfide) groups is 1. The summed E-state index contributed by atoms with van der Waals surface area (Å²) in [6.07, 6.45) is 2.78. The van der Waals surface area contributed by atoms with E-state index in [1.54, 1.807) is 37.4 Å². The first kappa shape index (κ1) is 19.1. The fraction of sp³-hybridized carbons (Fsp3) is 0.824. The summed E-state index contributed by atoms with van der Waals surface area (Å²) < 4.78 is 5.31. The normalized spacial score (nSPS) is 20.8. The third-order valence-electron chi connectivity index (χ3n) is 4.29. The molecular formula is C17H28N2O4S. The molecule has 0 spiro atoms. The molecule has 0 aromatic carbocycles. The van der Waals surface area contributed by atoms with Crippen molar-refractivity contribution in [1.29, 1.82) is 0 Å². The van der Waals surface area contributed by atoms with Crippen LogP contribution >= 0.6 is 11.8 Å². The zero-order valence-electron chi connectivity index (χ0n) is 14.8. The molecule has 24 heavy (non-hydrogen) atoms. The van der Waals surface area contributed by atoms with Crippen molar-refractivity contribution in [3.8, 4) is 0 Å². The number of alkyl carbamates (subject to hydrolysis) is 1. The molecule has 0 aromatic rings. The van der Waals surface area contributed by atoms with Crippen molar-refractivity contribution in [3.63, 3.8) is 0 Å². The third-order valence-corrected chi connectivity index (χ3v) is 5.25. The summed E-state index contributed by atoms with van der Waals surface area (Å²) >= 11 is 1.72. The summed E-state index contributed by atoms with van der Waals surface area (Å²) in [6, 6.07) is -0.572. The molecule has 1 saturated carbocycles. The predicted octanol–water partition coefficient (Wildman–Crippen LogP) is 2.56. The molecule has 0 radical (unpaired) electrons. The van der Waals surface area contributed by atoms with Crippen molar-refractivity contribution < 1.29 is 19.1 Å². The number of ketones is 1. The van der Waals surface area contributed by atoms with Crippen LogP contribution in [0.4, 0.5) is 4.79 Å². The number of nitrogens with one attached hydrogen (secondary N) is 1. The van der Waals surface area contributed by atoms with E-state index in [2.05, 4.69) is 5.32 Å². The summed E-state index contributed by atoms with van der Waals surface area (Å²) in [5, 5.41) is 2.76. The number of ether oxygens (including phenoxy) is 1. The summed E-state index contributed by atoms with van der Waals surface area (Å²) in [4.78, 5) is 38.1. The fourth-order valence-corrected chi connectivity index (χ4v) is 4.00. The number of hydrogen-bond donors (Lipinski definition) is 1. The molecule has 0 aromatic heterocycles. The van der Waals surface area contributed by atoms with Crippen molar-refractivity contribution in [2.45, 2.75) is 64.5 Å². The van der Waals surface area contributed by atoms with Gasteiger partial charge in [0, 0.05) is 25.1 Å². The lowest BCUT2D eigenvalue weighted by Crippen LogP contribution is -2.50. The minimum Gasteiger partial charge on any atom is -0.444 e. The smallest absolute Gasteiger partial charge is 0.408 e. The van der Waals surface area contributed by atoms with Gasteiger partial charge in [-0.05, 0) is 46.0 Å². The number of carbonyl (C=O) groups excluding carboxylic acids is 3. The van der Waals surface area contributed by atoms with Gasteiger partial charge in [0.2, 0.25) is 5.91 Å². The molecule has 2 fully saturated rings. The number of nitrogens with zero attached hydrogens (tertiary/aromatic N) is 1. The Hall–Kier alpha value is -1.24. The van der Waals surface area contributed by atoms with Gasteiger partial charge in [-0.2, -0.15) is 0 Å². The Labute approximate surface area is 148 Å². The van der Waals surface area contributed by atoms with Gasteiger partial charge < -0.3 is 15.0 Å². The van der Waals surface area contributed by atoms with Crippen molar-refractivity contribution in [1.82, 2.24) is 10.2 Å². The average molecular weight is 356 g/mol. The van der Waals surface area contributed by atoms with Crippen LogP contribution in [0.25, 0.3) is 0 Å². The monoisotopic (exact) mass is 356 g/mol. The Kier molecular flexibility index (Phi) is 6.54. The Morgan fingerprint density at radius 1 is 1.33 bits per heavy atom.